The zero-order valence-electron chi connectivity index (χ0n) is 11.4. The summed E-state index contributed by atoms with van der Waals surface area (Å²) in [6, 6.07) is 12.9. The van der Waals surface area contributed by atoms with Gasteiger partial charge >= 0.3 is 5.97 Å². The molecule has 0 heterocycles. The van der Waals surface area contributed by atoms with Crippen molar-refractivity contribution in [2.45, 2.75) is 0 Å². The maximum atomic E-state index is 12.0. The standard InChI is InChI=1S/C17H14O4/c1-21-17(20)14-6-2-4-12(10-14)8-9-16(19)13-5-3-7-15(18)11-13/h2-11,18H,1H3/b9-8+. The molecule has 4 heteroatoms. The summed E-state index contributed by atoms with van der Waals surface area (Å²) in [5.41, 5.74) is 1.53. The van der Waals surface area contributed by atoms with E-state index >= 15 is 0 Å². The SMILES string of the molecule is COC(=O)c1cccc(/C=C/C(=O)c2cccc(O)c2)c1. The van der Waals surface area contributed by atoms with Gasteiger partial charge in [-0.05, 0) is 35.9 Å². The summed E-state index contributed by atoms with van der Waals surface area (Å²) >= 11 is 0. The van der Waals surface area contributed by atoms with Gasteiger partial charge in [0.1, 0.15) is 5.75 Å². The molecular formula is C17H14O4. The van der Waals surface area contributed by atoms with E-state index in [1.807, 2.05) is 0 Å². The van der Waals surface area contributed by atoms with E-state index in [1.165, 1.54) is 25.3 Å². The van der Waals surface area contributed by atoms with Crippen LogP contribution in [0.5, 0.6) is 5.75 Å². The minimum absolute atomic E-state index is 0.0435. The molecule has 2 aromatic carbocycles. The van der Waals surface area contributed by atoms with Crippen molar-refractivity contribution < 1.29 is 19.4 Å². The molecule has 0 bridgehead atoms. The summed E-state index contributed by atoms with van der Waals surface area (Å²) in [5.74, 6) is -0.610. The van der Waals surface area contributed by atoms with Crippen molar-refractivity contribution in [3.8, 4) is 5.75 Å². The number of benzene rings is 2. The molecule has 0 radical (unpaired) electrons. The third kappa shape index (κ3) is 3.79. The molecule has 0 saturated heterocycles. The van der Waals surface area contributed by atoms with Crippen molar-refractivity contribution in [2.75, 3.05) is 7.11 Å². The van der Waals surface area contributed by atoms with Crippen LogP contribution in [0.2, 0.25) is 0 Å². The smallest absolute Gasteiger partial charge is 0.337 e. The van der Waals surface area contributed by atoms with Crippen LogP contribution in [-0.4, -0.2) is 24.0 Å². The summed E-state index contributed by atoms with van der Waals surface area (Å²) in [4.78, 5) is 23.4. The number of carbonyl (C=O) groups is 2. The third-order valence-electron chi connectivity index (χ3n) is 2.87. The maximum absolute atomic E-state index is 12.0. The highest BCUT2D eigenvalue weighted by atomic mass is 16.5. The van der Waals surface area contributed by atoms with Crippen LogP contribution in [0.25, 0.3) is 6.08 Å². The number of allylic oxidation sites excluding steroid dienone is 1. The van der Waals surface area contributed by atoms with Crippen molar-refractivity contribution in [3.63, 3.8) is 0 Å². The first-order valence-corrected chi connectivity index (χ1v) is 6.30. The number of ether oxygens (including phenoxy) is 1. The molecule has 2 aromatic rings. The van der Waals surface area contributed by atoms with Gasteiger partial charge in [-0.15, -0.1) is 0 Å². The van der Waals surface area contributed by atoms with Crippen molar-refractivity contribution in [1.82, 2.24) is 0 Å². The summed E-state index contributed by atoms with van der Waals surface area (Å²) in [6.07, 6.45) is 3.00. The fraction of sp³-hybridized carbons (Fsp3) is 0.0588. The fourth-order valence-electron chi connectivity index (χ4n) is 1.81. The summed E-state index contributed by atoms with van der Waals surface area (Å²) < 4.78 is 4.64. The molecule has 0 unspecified atom stereocenters. The van der Waals surface area contributed by atoms with E-state index in [9.17, 15) is 14.7 Å². The number of hydrogen-bond donors (Lipinski definition) is 1. The third-order valence-corrected chi connectivity index (χ3v) is 2.87. The molecule has 0 aliphatic heterocycles. The van der Waals surface area contributed by atoms with Gasteiger partial charge in [0, 0.05) is 5.56 Å². The highest BCUT2D eigenvalue weighted by molar-refractivity contribution is 6.07. The topological polar surface area (TPSA) is 63.6 Å². The molecule has 2 rings (SSSR count). The molecule has 0 aliphatic rings. The molecule has 0 amide bonds. The Kier molecular flexibility index (Phi) is 4.51. The van der Waals surface area contributed by atoms with Crippen LogP contribution < -0.4 is 0 Å². The molecular weight excluding hydrogens is 268 g/mol. The number of carbonyl (C=O) groups excluding carboxylic acids is 2. The number of phenolic OH excluding ortho intramolecular Hbond substituents is 1. The number of hydrogen-bond acceptors (Lipinski definition) is 4. The van der Waals surface area contributed by atoms with Gasteiger partial charge in [0.15, 0.2) is 5.78 Å². The van der Waals surface area contributed by atoms with Crippen molar-refractivity contribution in [3.05, 3.63) is 71.3 Å². The van der Waals surface area contributed by atoms with E-state index in [2.05, 4.69) is 4.74 Å². The summed E-state index contributed by atoms with van der Waals surface area (Å²) in [6.45, 7) is 0. The highest BCUT2D eigenvalue weighted by Crippen LogP contribution is 2.13. The number of aromatic hydroxyl groups is 1. The molecule has 4 nitrogen and oxygen atoms in total. The van der Waals surface area contributed by atoms with Crippen LogP contribution in [-0.2, 0) is 4.74 Å². The minimum atomic E-state index is -0.426. The predicted octanol–water partition coefficient (Wildman–Crippen LogP) is 3.07. The first-order valence-electron chi connectivity index (χ1n) is 6.30. The van der Waals surface area contributed by atoms with Crippen molar-refractivity contribution in [1.29, 1.82) is 0 Å². The number of methoxy groups -OCH3 is 1. The van der Waals surface area contributed by atoms with Gasteiger partial charge in [-0.3, -0.25) is 4.79 Å². The lowest BCUT2D eigenvalue weighted by Crippen LogP contribution is -2.00. The van der Waals surface area contributed by atoms with Gasteiger partial charge in [0.2, 0.25) is 0 Å². The number of rotatable bonds is 4. The second-order valence-electron chi connectivity index (χ2n) is 4.36. The van der Waals surface area contributed by atoms with Gasteiger partial charge in [-0.25, -0.2) is 4.79 Å². The Hall–Kier alpha value is -2.88. The average molecular weight is 282 g/mol. The summed E-state index contributed by atoms with van der Waals surface area (Å²) in [5, 5.41) is 9.34. The largest absolute Gasteiger partial charge is 0.508 e. The first-order chi connectivity index (χ1) is 10.1. The number of phenols is 1. The Labute approximate surface area is 122 Å². The Balaban J connectivity index is 2.17. The molecule has 1 N–H and O–H groups in total. The van der Waals surface area contributed by atoms with Gasteiger partial charge in [-0.1, -0.05) is 30.3 Å². The van der Waals surface area contributed by atoms with Crippen LogP contribution >= 0.6 is 0 Å². The zero-order valence-corrected chi connectivity index (χ0v) is 11.4. The highest BCUT2D eigenvalue weighted by Gasteiger charge is 2.05. The minimum Gasteiger partial charge on any atom is -0.508 e. The summed E-state index contributed by atoms with van der Waals surface area (Å²) in [7, 11) is 1.32. The monoisotopic (exact) mass is 282 g/mol. The van der Waals surface area contributed by atoms with Gasteiger partial charge in [0.05, 0.1) is 12.7 Å². The van der Waals surface area contributed by atoms with Crippen LogP contribution in [0.3, 0.4) is 0 Å². The van der Waals surface area contributed by atoms with E-state index < -0.39 is 5.97 Å². The van der Waals surface area contributed by atoms with E-state index in [-0.39, 0.29) is 11.5 Å². The van der Waals surface area contributed by atoms with Crippen LogP contribution in [0.15, 0.2) is 54.6 Å². The Bertz CT molecular complexity index is 701. The number of esters is 1. The second-order valence-corrected chi connectivity index (χ2v) is 4.36. The first kappa shape index (κ1) is 14.5. The lowest BCUT2D eigenvalue weighted by Gasteiger charge is -2.00. The fourth-order valence-corrected chi connectivity index (χ4v) is 1.81. The van der Waals surface area contributed by atoms with Crippen LogP contribution in [0, 0.1) is 0 Å². The molecule has 0 atom stereocenters. The second kappa shape index (κ2) is 6.52. The quantitative estimate of drug-likeness (QED) is 0.532. The molecule has 106 valence electrons. The van der Waals surface area contributed by atoms with Crippen molar-refractivity contribution >= 4 is 17.8 Å². The Morgan fingerprint density at radius 1 is 1.05 bits per heavy atom. The van der Waals surface area contributed by atoms with E-state index in [0.717, 1.165) is 0 Å². The molecule has 0 aliphatic carbocycles. The number of ketones is 1. The lowest BCUT2D eigenvalue weighted by atomic mass is 10.1. The zero-order chi connectivity index (χ0) is 15.2. The Morgan fingerprint density at radius 3 is 2.48 bits per heavy atom. The predicted molar refractivity (Wildman–Crippen MR) is 79.3 cm³/mol. The molecule has 0 saturated carbocycles. The Morgan fingerprint density at radius 2 is 1.76 bits per heavy atom. The van der Waals surface area contributed by atoms with Gasteiger partial charge in [-0.2, -0.15) is 0 Å². The van der Waals surface area contributed by atoms with Gasteiger partial charge in [0.25, 0.3) is 0 Å². The van der Waals surface area contributed by atoms with Crippen LogP contribution in [0.4, 0.5) is 0 Å². The van der Waals surface area contributed by atoms with E-state index in [4.69, 9.17) is 0 Å². The maximum Gasteiger partial charge on any atom is 0.337 e. The molecule has 0 spiro atoms. The van der Waals surface area contributed by atoms with Crippen LogP contribution in [0.1, 0.15) is 26.3 Å². The molecule has 0 fully saturated rings. The molecule has 0 aromatic heterocycles. The molecule has 21 heavy (non-hydrogen) atoms. The normalized spacial score (nSPS) is 10.5. The van der Waals surface area contributed by atoms with E-state index in [0.29, 0.717) is 16.7 Å². The lowest BCUT2D eigenvalue weighted by molar-refractivity contribution is 0.0600. The van der Waals surface area contributed by atoms with Crippen molar-refractivity contribution in [2.24, 2.45) is 0 Å². The van der Waals surface area contributed by atoms with E-state index in [1.54, 1.807) is 42.5 Å². The average Bonchev–Trinajstić information content (AvgIpc) is 2.52. The van der Waals surface area contributed by atoms with Gasteiger partial charge < -0.3 is 9.84 Å².